The van der Waals surface area contributed by atoms with Crippen LogP contribution >= 0.6 is 0 Å². The number of rotatable bonds is 5. The van der Waals surface area contributed by atoms with Crippen molar-refractivity contribution in [2.75, 3.05) is 17.2 Å². The molecule has 3 heteroatoms. The second-order valence-electron chi connectivity index (χ2n) is 5.61. The first-order chi connectivity index (χ1) is 10.4. The second-order valence-corrected chi connectivity index (χ2v) is 5.61. The molecule has 0 saturated carbocycles. The van der Waals surface area contributed by atoms with Crippen molar-refractivity contribution in [3.63, 3.8) is 0 Å². The van der Waals surface area contributed by atoms with E-state index in [2.05, 4.69) is 40.7 Å². The summed E-state index contributed by atoms with van der Waals surface area (Å²) in [5, 5.41) is 6.83. The lowest BCUT2D eigenvalue weighted by Gasteiger charge is -2.20. The second kappa shape index (κ2) is 6.61. The molecule has 0 unspecified atom stereocenters. The summed E-state index contributed by atoms with van der Waals surface area (Å²) < 4.78 is 0. The van der Waals surface area contributed by atoms with Crippen molar-refractivity contribution < 1.29 is 0 Å². The van der Waals surface area contributed by atoms with Gasteiger partial charge < -0.3 is 10.6 Å². The van der Waals surface area contributed by atoms with Gasteiger partial charge in [0.1, 0.15) is 11.6 Å². The van der Waals surface area contributed by atoms with Crippen molar-refractivity contribution in [2.45, 2.75) is 39.0 Å². The molecule has 21 heavy (non-hydrogen) atoms. The third kappa shape index (κ3) is 3.35. The molecule has 0 saturated heterocycles. The zero-order chi connectivity index (χ0) is 14.5. The van der Waals surface area contributed by atoms with E-state index in [1.54, 1.807) is 0 Å². The number of hydrogen-bond acceptors (Lipinski definition) is 3. The fraction of sp³-hybridized carbons (Fsp3) is 0.389. The first kappa shape index (κ1) is 13.9. The predicted molar refractivity (Wildman–Crippen MR) is 89.4 cm³/mol. The molecule has 1 heterocycles. The van der Waals surface area contributed by atoms with Crippen LogP contribution in [0.3, 0.4) is 0 Å². The third-order valence-electron chi connectivity index (χ3n) is 3.96. The average Bonchev–Trinajstić information content (AvgIpc) is 2.54. The van der Waals surface area contributed by atoms with E-state index in [9.17, 15) is 0 Å². The minimum absolute atomic E-state index is 0.912. The molecular formula is C18H23N3. The van der Waals surface area contributed by atoms with Crippen molar-refractivity contribution in [1.29, 1.82) is 0 Å². The van der Waals surface area contributed by atoms with Crippen LogP contribution < -0.4 is 10.6 Å². The first-order valence-electron chi connectivity index (χ1n) is 7.95. The minimum atomic E-state index is 0.912. The van der Waals surface area contributed by atoms with E-state index in [1.807, 2.05) is 18.2 Å². The van der Waals surface area contributed by atoms with Gasteiger partial charge in [-0.05, 0) is 61.4 Å². The quantitative estimate of drug-likeness (QED) is 0.845. The van der Waals surface area contributed by atoms with Gasteiger partial charge in [-0.25, -0.2) is 4.98 Å². The normalized spacial score (nSPS) is 13.6. The molecule has 3 rings (SSSR count). The summed E-state index contributed by atoms with van der Waals surface area (Å²) in [6.07, 6.45) is 6.08. The lowest BCUT2D eigenvalue weighted by atomic mass is 9.90. The Balaban J connectivity index is 1.80. The Kier molecular flexibility index (Phi) is 4.39. The van der Waals surface area contributed by atoms with Crippen LogP contribution in [0.25, 0.3) is 0 Å². The molecule has 2 aromatic rings. The maximum absolute atomic E-state index is 4.63. The van der Waals surface area contributed by atoms with Crippen molar-refractivity contribution in [3.05, 3.63) is 47.5 Å². The fourth-order valence-corrected chi connectivity index (χ4v) is 2.89. The van der Waals surface area contributed by atoms with Gasteiger partial charge in [0.15, 0.2) is 0 Å². The van der Waals surface area contributed by atoms with Crippen molar-refractivity contribution in [3.8, 4) is 0 Å². The van der Waals surface area contributed by atoms with Crippen molar-refractivity contribution in [2.24, 2.45) is 0 Å². The molecule has 1 aliphatic rings. The van der Waals surface area contributed by atoms with Gasteiger partial charge >= 0.3 is 0 Å². The van der Waals surface area contributed by atoms with E-state index in [0.717, 1.165) is 24.6 Å². The zero-order valence-electron chi connectivity index (χ0n) is 12.7. The molecular weight excluding hydrogens is 258 g/mol. The summed E-state index contributed by atoms with van der Waals surface area (Å²) in [6, 6.07) is 12.7. The highest BCUT2D eigenvalue weighted by atomic mass is 15.1. The maximum Gasteiger partial charge on any atom is 0.132 e. The summed E-state index contributed by atoms with van der Waals surface area (Å²) in [5.74, 6) is 1.85. The number of pyridine rings is 1. The number of aromatic nitrogens is 1. The monoisotopic (exact) mass is 281 g/mol. The van der Waals surface area contributed by atoms with Crippen LogP contribution in [0.2, 0.25) is 0 Å². The number of nitrogens with one attached hydrogen (secondary N) is 2. The Hall–Kier alpha value is -2.03. The Bertz CT molecular complexity index is 607. The van der Waals surface area contributed by atoms with Gasteiger partial charge in [0.2, 0.25) is 0 Å². The van der Waals surface area contributed by atoms with Gasteiger partial charge in [0, 0.05) is 12.2 Å². The first-order valence-corrected chi connectivity index (χ1v) is 7.95. The minimum Gasteiger partial charge on any atom is -0.370 e. The highest BCUT2D eigenvalue weighted by Gasteiger charge is 2.13. The number of hydrogen-bond donors (Lipinski definition) is 2. The molecule has 2 N–H and O–H groups in total. The summed E-state index contributed by atoms with van der Waals surface area (Å²) in [4.78, 5) is 4.63. The van der Waals surface area contributed by atoms with E-state index in [4.69, 9.17) is 0 Å². The standard InChI is InChI=1S/C18H23N3/c1-2-13-19-17-11-6-12-18(21-17)20-16-10-5-8-14-7-3-4-9-15(14)16/h5-6,8,10-12H,2-4,7,9,13H2,1H3,(H2,19,20,21). The highest BCUT2D eigenvalue weighted by Crippen LogP contribution is 2.29. The number of aryl methyl sites for hydroxylation is 1. The van der Waals surface area contributed by atoms with Crippen LogP contribution in [0.5, 0.6) is 0 Å². The molecule has 0 aliphatic heterocycles. The molecule has 0 bridgehead atoms. The van der Waals surface area contributed by atoms with Crippen LogP contribution in [-0.2, 0) is 12.8 Å². The van der Waals surface area contributed by atoms with Crippen LogP contribution in [-0.4, -0.2) is 11.5 Å². The molecule has 1 aromatic heterocycles. The lowest BCUT2D eigenvalue weighted by molar-refractivity contribution is 0.687. The Morgan fingerprint density at radius 3 is 2.71 bits per heavy atom. The molecule has 0 amide bonds. The summed E-state index contributed by atoms with van der Waals surface area (Å²) in [7, 11) is 0. The number of benzene rings is 1. The van der Waals surface area contributed by atoms with E-state index < -0.39 is 0 Å². The van der Waals surface area contributed by atoms with Gasteiger partial charge in [-0.2, -0.15) is 0 Å². The van der Waals surface area contributed by atoms with Gasteiger partial charge in [-0.1, -0.05) is 25.1 Å². The van der Waals surface area contributed by atoms with Crippen LogP contribution in [0.4, 0.5) is 17.3 Å². The summed E-state index contributed by atoms with van der Waals surface area (Å²) in [5.41, 5.74) is 4.18. The van der Waals surface area contributed by atoms with Crippen molar-refractivity contribution in [1.82, 2.24) is 4.98 Å². The Morgan fingerprint density at radius 2 is 1.81 bits per heavy atom. The maximum atomic E-state index is 4.63. The molecule has 1 aromatic carbocycles. The largest absolute Gasteiger partial charge is 0.370 e. The highest BCUT2D eigenvalue weighted by molar-refractivity contribution is 5.64. The van der Waals surface area contributed by atoms with Crippen LogP contribution in [0, 0.1) is 0 Å². The molecule has 0 radical (unpaired) electrons. The number of anilines is 3. The van der Waals surface area contributed by atoms with Gasteiger partial charge in [0.05, 0.1) is 0 Å². The average molecular weight is 281 g/mol. The van der Waals surface area contributed by atoms with E-state index >= 15 is 0 Å². The Morgan fingerprint density at radius 1 is 1.00 bits per heavy atom. The van der Waals surface area contributed by atoms with Crippen molar-refractivity contribution >= 4 is 17.3 Å². The van der Waals surface area contributed by atoms with Gasteiger partial charge in [-0.15, -0.1) is 0 Å². The smallest absolute Gasteiger partial charge is 0.132 e. The van der Waals surface area contributed by atoms with E-state index in [-0.39, 0.29) is 0 Å². The number of nitrogens with zero attached hydrogens (tertiary/aromatic N) is 1. The van der Waals surface area contributed by atoms with E-state index in [1.165, 1.54) is 42.5 Å². The third-order valence-corrected chi connectivity index (χ3v) is 3.96. The summed E-state index contributed by atoms with van der Waals surface area (Å²) >= 11 is 0. The lowest BCUT2D eigenvalue weighted by Crippen LogP contribution is -2.07. The number of fused-ring (bicyclic) bond motifs is 1. The SMILES string of the molecule is CCCNc1cccc(Nc2cccc3c2CCCC3)n1. The molecule has 0 fully saturated rings. The zero-order valence-corrected chi connectivity index (χ0v) is 12.7. The van der Waals surface area contributed by atoms with Crippen LogP contribution in [0.15, 0.2) is 36.4 Å². The molecule has 0 atom stereocenters. The Labute approximate surface area is 126 Å². The van der Waals surface area contributed by atoms with Gasteiger partial charge in [0.25, 0.3) is 0 Å². The molecule has 3 nitrogen and oxygen atoms in total. The van der Waals surface area contributed by atoms with Crippen LogP contribution in [0.1, 0.15) is 37.3 Å². The van der Waals surface area contributed by atoms with E-state index in [0.29, 0.717) is 0 Å². The fourth-order valence-electron chi connectivity index (χ4n) is 2.89. The molecule has 0 spiro atoms. The predicted octanol–water partition coefficient (Wildman–Crippen LogP) is 4.53. The molecule has 110 valence electrons. The topological polar surface area (TPSA) is 37.0 Å². The van der Waals surface area contributed by atoms with Gasteiger partial charge in [-0.3, -0.25) is 0 Å². The molecule has 1 aliphatic carbocycles. The summed E-state index contributed by atoms with van der Waals surface area (Å²) in [6.45, 7) is 3.11.